The highest BCUT2D eigenvalue weighted by Crippen LogP contribution is 2.51. The number of methoxy groups -OCH3 is 2. The van der Waals surface area contributed by atoms with Gasteiger partial charge in [-0.25, -0.2) is 0 Å². The number of hydrogen-bond donors (Lipinski definition) is 2. The van der Waals surface area contributed by atoms with Crippen LogP contribution in [0.2, 0.25) is 0 Å². The lowest BCUT2D eigenvalue weighted by atomic mass is 9.83. The van der Waals surface area contributed by atoms with Crippen LogP contribution in [0.3, 0.4) is 0 Å². The van der Waals surface area contributed by atoms with Crippen molar-refractivity contribution in [1.82, 2.24) is 0 Å². The highest BCUT2D eigenvalue weighted by atomic mass is 32.2. The monoisotopic (exact) mass is 598 g/mol. The van der Waals surface area contributed by atoms with Gasteiger partial charge in [0.05, 0.1) is 20.3 Å². The lowest BCUT2D eigenvalue weighted by Crippen LogP contribution is -2.35. The maximum absolute atomic E-state index is 13.7. The van der Waals surface area contributed by atoms with E-state index in [0.29, 0.717) is 11.5 Å². The Morgan fingerprint density at radius 1 is 0.721 bits per heavy atom. The maximum atomic E-state index is 13.7. The van der Waals surface area contributed by atoms with Gasteiger partial charge in [-0.3, -0.25) is 0 Å². The van der Waals surface area contributed by atoms with Crippen molar-refractivity contribution in [2.75, 3.05) is 14.2 Å². The minimum atomic E-state index is -4.11. The molecule has 0 aromatic heterocycles. The number of ether oxygens (including phenoxy) is 3. The van der Waals surface area contributed by atoms with E-state index in [1.165, 1.54) is 0 Å². The molecule has 1 fully saturated rings. The molecule has 2 aliphatic rings. The van der Waals surface area contributed by atoms with E-state index < -0.39 is 27.6 Å². The first-order valence-corrected chi connectivity index (χ1v) is 15.1. The van der Waals surface area contributed by atoms with Gasteiger partial charge < -0.3 is 28.6 Å². The molecule has 2 aliphatic heterocycles. The summed E-state index contributed by atoms with van der Waals surface area (Å²) in [4.78, 5) is 0. The zero-order chi connectivity index (χ0) is 30.1. The van der Waals surface area contributed by atoms with Gasteiger partial charge in [-0.2, -0.15) is 8.42 Å². The predicted octanol–water partition coefficient (Wildman–Crippen LogP) is 6.14. The molecule has 2 bridgehead atoms. The number of phenols is 2. The lowest BCUT2D eigenvalue weighted by Gasteiger charge is -2.24. The van der Waals surface area contributed by atoms with Crippen molar-refractivity contribution in [2.45, 2.75) is 23.9 Å². The third-order valence-corrected chi connectivity index (χ3v) is 9.24. The van der Waals surface area contributed by atoms with Crippen LogP contribution in [0.5, 0.6) is 28.7 Å². The second kappa shape index (κ2) is 11.5. The van der Waals surface area contributed by atoms with Crippen LogP contribution in [0.15, 0.2) is 91.0 Å². The van der Waals surface area contributed by atoms with E-state index in [4.69, 9.17) is 18.4 Å². The Balaban J connectivity index is 1.27. The van der Waals surface area contributed by atoms with E-state index in [1.54, 1.807) is 87.0 Å². The highest BCUT2D eigenvalue weighted by molar-refractivity contribution is 7.87. The summed E-state index contributed by atoms with van der Waals surface area (Å²) in [5, 5.41) is 18.7. The molecule has 0 saturated carbocycles. The molecule has 0 amide bonds. The molecule has 0 spiro atoms. The van der Waals surface area contributed by atoms with Crippen molar-refractivity contribution in [1.29, 1.82) is 0 Å². The van der Waals surface area contributed by atoms with E-state index in [9.17, 15) is 18.6 Å². The molecule has 3 unspecified atom stereocenters. The van der Waals surface area contributed by atoms with Gasteiger partial charge in [0, 0.05) is 12.5 Å². The number of benzene rings is 4. The van der Waals surface area contributed by atoms with Crippen LogP contribution in [-0.4, -0.2) is 50.3 Å². The largest absolute Gasteiger partial charge is 0.508 e. The van der Waals surface area contributed by atoms with Crippen LogP contribution in [0.25, 0.3) is 23.3 Å². The number of rotatable bonds is 9. The Morgan fingerprint density at radius 3 is 1.88 bits per heavy atom. The topological polar surface area (TPSA) is 112 Å². The molecular formula is C34H30O8S. The molecule has 1 saturated heterocycles. The Morgan fingerprint density at radius 2 is 1.28 bits per heavy atom. The Kier molecular flexibility index (Phi) is 7.60. The van der Waals surface area contributed by atoms with Gasteiger partial charge in [0.25, 0.3) is 0 Å². The smallest absolute Gasteiger partial charge is 0.315 e. The summed E-state index contributed by atoms with van der Waals surface area (Å²) in [6.45, 7) is 0. The Hall–Kier alpha value is -4.73. The van der Waals surface area contributed by atoms with Crippen LogP contribution in [0.1, 0.15) is 28.7 Å². The van der Waals surface area contributed by atoms with E-state index in [-0.39, 0.29) is 23.7 Å². The molecule has 4 aromatic carbocycles. The highest BCUT2D eigenvalue weighted by Gasteiger charge is 2.53. The van der Waals surface area contributed by atoms with E-state index in [0.717, 1.165) is 33.4 Å². The number of phenolic OH excluding ortho intramolecular Hbond substituents is 2. The first kappa shape index (κ1) is 28.4. The first-order chi connectivity index (χ1) is 20.7. The van der Waals surface area contributed by atoms with Gasteiger partial charge in [-0.1, -0.05) is 48.6 Å². The summed E-state index contributed by atoms with van der Waals surface area (Å²) in [6, 6.07) is 25.7. The summed E-state index contributed by atoms with van der Waals surface area (Å²) in [6.07, 6.45) is 2.71. The van der Waals surface area contributed by atoms with Crippen molar-refractivity contribution in [2.24, 2.45) is 0 Å². The predicted molar refractivity (Wildman–Crippen MR) is 165 cm³/mol. The van der Waals surface area contributed by atoms with Crippen LogP contribution in [-0.2, 0) is 14.9 Å². The molecule has 2 N–H and O–H groups in total. The van der Waals surface area contributed by atoms with Crippen LogP contribution in [0, 0.1) is 0 Å². The molecule has 6 rings (SSSR count). The summed E-state index contributed by atoms with van der Waals surface area (Å²) in [7, 11) is -0.942. The zero-order valence-corrected chi connectivity index (χ0v) is 24.3. The second-order valence-corrected chi connectivity index (χ2v) is 12.1. The zero-order valence-electron chi connectivity index (χ0n) is 23.5. The van der Waals surface area contributed by atoms with Crippen LogP contribution < -0.4 is 13.7 Å². The third-order valence-electron chi connectivity index (χ3n) is 7.63. The molecule has 220 valence electrons. The Labute approximate surface area is 250 Å². The Bertz CT molecular complexity index is 1790. The fraction of sp³-hybridized carbons (Fsp3) is 0.176. The van der Waals surface area contributed by atoms with Crippen molar-refractivity contribution >= 4 is 33.4 Å². The van der Waals surface area contributed by atoms with Crippen LogP contribution in [0.4, 0.5) is 0 Å². The molecule has 0 aliphatic carbocycles. The van der Waals surface area contributed by atoms with Gasteiger partial charge in [-0.05, 0) is 81.9 Å². The van der Waals surface area contributed by atoms with E-state index in [2.05, 4.69) is 0 Å². The number of aromatic hydroxyl groups is 2. The van der Waals surface area contributed by atoms with Gasteiger partial charge >= 0.3 is 10.1 Å². The molecule has 2 heterocycles. The molecule has 3 atom stereocenters. The summed E-state index contributed by atoms with van der Waals surface area (Å²) < 4.78 is 50.0. The van der Waals surface area contributed by atoms with Crippen molar-refractivity contribution in [3.05, 3.63) is 113 Å². The quantitative estimate of drug-likeness (QED) is 0.175. The van der Waals surface area contributed by atoms with Gasteiger partial charge in [-0.15, -0.1) is 0 Å². The molecular weight excluding hydrogens is 568 g/mol. The molecule has 4 aromatic rings. The molecule has 9 heteroatoms. The van der Waals surface area contributed by atoms with Gasteiger partial charge in [0.15, 0.2) is 0 Å². The number of hydrogen-bond acceptors (Lipinski definition) is 8. The summed E-state index contributed by atoms with van der Waals surface area (Å²) in [5.41, 5.74) is 4.77. The first-order valence-electron chi connectivity index (χ1n) is 13.7. The molecule has 8 nitrogen and oxygen atoms in total. The third kappa shape index (κ3) is 5.82. The molecule has 0 radical (unpaired) electrons. The second-order valence-electron chi connectivity index (χ2n) is 10.4. The van der Waals surface area contributed by atoms with Crippen molar-refractivity contribution in [3.8, 4) is 28.7 Å². The maximum Gasteiger partial charge on any atom is 0.315 e. The lowest BCUT2D eigenvalue weighted by molar-refractivity contribution is 0.128. The minimum Gasteiger partial charge on any atom is -0.508 e. The standard InChI is InChI=1S/C34H30O8S/c1-39-28-17-22(18-29(19-28)40-2)7-6-21-4-3-5-27(16-21)42-43(37,38)31-20-30-32(23-8-12-25(35)13-9-23)33(34(31)41-30)24-10-14-26(36)15-11-24/h3-19,30-31,34-36H,20H2,1-2H3/b7-6+. The fourth-order valence-electron chi connectivity index (χ4n) is 5.62. The van der Waals surface area contributed by atoms with E-state index in [1.807, 2.05) is 30.4 Å². The van der Waals surface area contributed by atoms with Crippen molar-refractivity contribution in [3.63, 3.8) is 0 Å². The average molecular weight is 599 g/mol. The fourth-order valence-corrected chi connectivity index (χ4v) is 7.03. The summed E-state index contributed by atoms with van der Waals surface area (Å²) in [5.74, 6) is 1.75. The van der Waals surface area contributed by atoms with Crippen molar-refractivity contribution < 1.29 is 37.0 Å². The number of fused-ring (bicyclic) bond motifs is 2. The van der Waals surface area contributed by atoms with Gasteiger partial charge in [0.1, 0.15) is 40.1 Å². The minimum absolute atomic E-state index is 0.103. The molecule has 43 heavy (non-hydrogen) atoms. The average Bonchev–Trinajstić information content (AvgIpc) is 3.61. The van der Waals surface area contributed by atoms with Crippen LogP contribution >= 0.6 is 0 Å². The van der Waals surface area contributed by atoms with E-state index >= 15 is 0 Å². The normalized spacial score (nSPS) is 19.6. The van der Waals surface area contributed by atoms with Gasteiger partial charge in [0.2, 0.25) is 0 Å². The SMILES string of the molecule is COc1cc(/C=C/c2cccc(OS(=O)(=O)C3CC4OC3C(c3ccc(O)cc3)=C4c3ccc(O)cc3)c2)cc(OC)c1. The summed E-state index contributed by atoms with van der Waals surface area (Å²) >= 11 is 0.